The molecule has 234 valence electrons. The molecule has 12 heteroatoms. The van der Waals surface area contributed by atoms with E-state index in [1.807, 2.05) is 24.3 Å². The Labute approximate surface area is 252 Å². The summed E-state index contributed by atoms with van der Waals surface area (Å²) in [6.07, 6.45) is -6.58. The van der Waals surface area contributed by atoms with Crippen LogP contribution in [0.1, 0.15) is 43.9 Å². The zero-order valence-electron chi connectivity index (χ0n) is 24.6. The fourth-order valence-electron chi connectivity index (χ4n) is 4.81. The molecule has 0 spiro atoms. The SMILES string of the molecule is CN(C[C@@H](O)[C@H](Cc1cc(F)cc(F)c1)NC(=O)C1=NN(c2cccc(C(F)(F)F)c2)C(=O)C1)c1cccc(C(C)(C)C)c1. The van der Waals surface area contributed by atoms with E-state index in [2.05, 4.69) is 31.2 Å². The lowest BCUT2D eigenvalue weighted by molar-refractivity contribution is -0.137. The highest BCUT2D eigenvalue weighted by Crippen LogP contribution is 2.33. The molecule has 0 aromatic heterocycles. The van der Waals surface area contributed by atoms with Gasteiger partial charge in [-0.05, 0) is 65.4 Å². The van der Waals surface area contributed by atoms with Crippen LogP contribution < -0.4 is 15.2 Å². The lowest BCUT2D eigenvalue weighted by Gasteiger charge is -2.30. The summed E-state index contributed by atoms with van der Waals surface area (Å²) in [5, 5.41) is 18.6. The van der Waals surface area contributed by atoms with Gasteiger partial charge in [-0.15, -0.1) is 0 Å². The minimum atomic E-state index is -4.65. The third-order valence-corrected chi connectivity index (χ3v) is 7.23. The largest absolute Gasteiger partial charge is 0.416 e. The number of rotatable bonds is 9. The highest BCUT2D eigenvalue weighted by atomic mass is 19.4. The van der Waals surface area contributed by atoms with Crippen LogP contribution in [-0.2, 0) is 27.6 Å². The number of nitrogens with one attached hydrogen (secondary N) is 1. The van der Waals surface area contributed by atoms with Crippen LogP contribution in [0, 0.1) is 11.6 Å². The summed E-state index contributed by atoms with van der Waals surface area (Å²) in [7, 11) is 1.75. The van der Waals surface area contributed by atoms with Crippen molar-refractivity contribution < 1.29 is 36.6 Å². The van der Waals surface area contributed by atoms with Gasteiger partial charge in [0.2, 0.25) is 0 Å². The molecule has 0 fully saturated rings. The zero-order chi connectivity index (χ0) is 32.4. The van der Waals surface area contributed by atoms with E-state index in [-0.39, 0.29) is 35.3 Å². The predicted octanol–water partition coefficient (Wildman–Crippen LogP) is 5.60. The van der Waals surface area contributed by atoms with Crippen molar-refractivity contribution in [2.75, 3.05) is 23.5 Å². The second-order valence-corrected chi connectivity index (χ2v) is 11.8. The van der Waals surface area contributed by atoms with E-state index in [1.165, 1.54) is 6.07 Å². The maximum atomic E-state index is 14.0. The van der Waals surface area contributed by atoms with Crippen LogP contribution in [0.4, 0.5) is 33.3 Å². The summed E-state index contributed by atoms with van der Waals surface area (Å²) in [6, 6.07) is 13.5. The second-order valence-electron chi connectivity index (χ2n) is 11.8. The van der Waals surface area contributed by atoms with E-state index >= 15 is 0 Å². The number of hydrogen-bond acceptors (Lipinski definition) is 5. The summed E-state index contributed by atoms with van der Waals surface area (Å²) in [6.45, 7) is 6.21. The number of benzene rings is 3. The minimum Gasteiger partial charge on any atom is -0.389 e. The van der Waals surface area contributed by atoms with Crippen molar-refractivity contribution in [3.05, 3.63) is 95.1 Å². The van der Waals surface area contributed by atoms with Gasteiger partial charge >= 0.3 is 6.18 Å². The number of hydrazone groups is 1. The minimum absolute atomic E-state index is 0.0120. The molecule has 0 unspecified atom stereocenters. The first-order valence-corrected chi connectivity index (χ1v) is 13.8. The Morgan fingerprint density at radius 3 is 2.27 bits per heavy atom. The fraction of sp³-hybridized carbons (Fsp3) is 0.344. The van der Waals surface area contributed by atoms with Gasteiger partial charge in [-0.25, -0.2) is 8.78 Å². The second kappa shape index (κ2) is 12.7. The van der Waals surface area contributed by atoms with Gasteiger partial charge in [0.25, 0.3) is 11.8 Å². The summed E-state index contributed by atoms with van der Waals surface area (Å²) in [5.74, 6) is -3.25. The van der Waals surface area contributed by atoms with Crippen molar-refractivity contribution in [1.29, 1.82) is 0 Å². The molecule has 0 saturated carbocycles. The molecule has 1 aliphatic rings. The van der Waals surface area contributed by atoms with Gasteiger partial charge < -0.3 is 15.3 Å². The third-order valence-electron chi connectivity index (χ3n) is 7.23. The van der Waals surface area contributed by atoms with Gasteiger partial charge in [0, 0.05) is 25.3 Å². The summed E-state index contributed by atoms with van der Waals surface area (Å²) >= 11 is 0. The monoisotopic (exact) mass is 616 g/mol. The highest BCUT2D eigenvalue weighted by molar-refractivity contribution is 6.44. The number of carbonyl (C=O) groups is 2. The Morgan fingerprint density at radius 1 is 1.00 bits per heavy atom. The van der Waals surface area contributed by atoms with Gasteiger partial charge in [-0.2, -0.15) is 23.3 Å². The van der Waals surface area contributed by atoms with Crippen molar-refractivity contribution in [2.24, 2.45) is 5.10 Å². The van der Waals surface area contributed by atoms with Crippen LogP contribution in [0.3, 0.4) is 0 Å². The highest BCUT2D eigenvalue weighted by Gasteiger charge is 2.35. The van der Waals surface area contributed by atoms with Crippen molar-refractivity contribution in [1.82, 2.24) is 5.32 Å². The number of aliphatic hydroxyl groups excluding tert-OH is 1. The molecule has 7 nitrogen and oxygen atoms in total. The van der Waals surface area contributed by atoms with Crippen LogP contribution in [0.2, 0.25) is 0 Å². The van der Waals surface area contributed by atoms with Crippen LogP contribution in [0.5, 0.6) is 0 Å². The van der Waals surface area contributed by atoms with E-state index in [0.717, 1.165) is 41.6 Å². The van der Waals surface area contributed by atoms with E-state index in [9.17, 15) is 36.6 Å². The van der Waals surface area contributed by atoms with Crippen LogP contribution in [-0.4, -0.2) is 48.4 Å². The maximum Gasteiger partial charge on any atom is 0.416 e. The average molecular weight is 617 g/mol. The quantitative estimate of drug-likeness (QED) is 0.307. The van der Waals surface area contributed by atoms with Gasteiger partial charge in [0.15, 0.2) is 0 Å². The molecule has 1 heterocycles. The standard InChI is InChI=1S/C32H33F5N4O3/c1-31(2,3)20-7-5-9-24(14-20)40(4)18-28(42)26(13-19-11-22(33)16-23(34)12-19)38-30(44)27-17-29(43)41(39-27)25-10-6-8-21(15-25)32(35,36)37/h5-12,14-16,26,28,42H,13,17-18H2,1-4H3,(H,38,44)/t26-,28+/m0/s1. The Kier molecular flexibility index (Phi) is 9.43. The Bertz CT molecular complexity index is 1550. The van der Waals surface area contributed by atoms with Crippen molar-refractivity contribution >= 4 is 28.9 Å². The number of aliphatic hydroxyl groups is 1. The molecule has 44 heavy (non-hydrogen) atoms. The van der Waals surface area contributed by atoms with Gasteiger partial charge in [-0.1, -0.05) is 39.0 Å². The van der Waals surface area contributed by atoms with Gasteiger partial charge in [0.05, 0.1) is 29.8 Å². The molecule has 0 aliphatic carbocycles. The number of amides is 2. The smallest absolute Gasteiger partial charge is 0.389 e. The number of hydrogen-bond donors (Lipinski definition) is 2. The first kappa shape index (κ1) is 32.6. The average Bonchev–Trinajstić information content (AvgIpc) is 3.33. The van der Waals surface area contributed by atoms with Crippen molar-refractivity contribution in [3.63, 3.8) is 0 Å². The lowest BCUT2D eigenvalue weighted by atomic mass is 9.87. The predicted molar refractivity (Wildman–Crippen MR) is 157 cm³/mol. The Balaban J connectivity index is 1.57. The van der Waals surface area contributed by atoms with Crippen molar-refractivity contribution in [3.8, 4) is 0 Å². The first-order chi connectivity index (χ1) is 20.5. The summed E-state index contributed by atoms with van der Waals surface area (Å²) in [5.41, 5.74) is 0.443. The molecule has 4 rings (SSSR count). The van der Waals surface area contributed by atoms with E-state index in [0.29, 0.717) is 11.1 Å². The Morgan fingerprint density at radius 2 is 1.64 bits per heavy atom. The normalized spacial score (nSPS) is 15.2. The van der Waals surface area contributed by atoms with Gasteiger partial charge in [0.1, 0.15) is 17.3 Å². The van der Waals surface area contributed by atoms with Gasteiger partial charge in [-0.3, -0.25) is 9.59 Å². The molecular weight excluding hydrogens is 583 g/mol. The fourth-order valence-corrected chi connectivity index (χ4v) is 4.81. The summed E-state index contributed by atoms with van der Waals surface area (Å²) in [4.78, 5) is 27.7. The molecule has 2 amide bonds. The molecular formula is C32H33F5N4O3. The van der Waals surface area contributed by atoms with Crippen molar-refractivity contribution in [2.45, 2.75) is 57.3 Å². The number of alkyl halides is 3. The molecule has 2 atom stereocenters. The molecule has 3 aromatic rings. The third kappa shape index (κ3) is 7.98. The topological polar surface area (TPSA) is 85.2 Å². The van der Waals surface area contributed by atoms with Crippen LogP contribution in [0.25, 0.3) is 0 Å². The number of halogens is 5. The van der Waals surface area contributed by atoms with E-state index in [1.54, 1.807) is 11.9 Å². The maximum absolute atomic E-state index is 14.0. The molecule has 3 aromatic carbocycles. The number of anilines is 2. The Hall–Kier alpha value is -4.32. The molecule has 0 saturated heterocycles. The summed E-state index contributed by atoms with van der Waals surface area (Å²) < 4.78 is 67.5. The first-order valence-electron chi connectivity index (χ1n) is 13.8. The molecule has 1 aliphatic heterocycles. The van der Waals surface area contributed by atoms with E-state index in [4.69, 9.17) is 0 Å². The van der Waals surface area contributed by atoms with Crippen LogP contribution >= 0.6 is 0 Å². The van der Waals surface area contributed by atoms with Crippen LogP contribution in [0.15, 0.2) is 71.8 Å². The lowest BCUT2D eigenvalue weighted by Crippen LogP contribution is -2.50. The molecule has 0 radical (unpaired) electrons. The number of nitrogens with zero attached hydrogens (tertiary/aromatic N) is 3. The molecule has 0 bridgehead atoms. The zero-order valence-corrected chi connectivity index (χ0v) is 24.6. The molecule has 2 N–H and O–H groups in total. The van der Waals surface area contributed by atoms with E-state index < -0.39 is 53.8 Å². The number of carbonyl (C=O) groups excluding carboxylic acids is 2. The number of likely N-dealkylation sites (N-methyl/N-ethyl adjacent to an activating group) is 1.